The van der Waals surface area contributed by atoms with Crippen molar-refractivity contribution in [2.45, 2.75) is 27.7 Å². The van der Waals surface area contributed by atoms with Crippen molar-refractivity contribution in [1.82, 2.24) is 0 Å². The summed E-state index contributed by atoms with van der Waals surface area (Å²) in [7, 11) is 0. The Morgan fingerprint density at radius 3 is 1.86 bits per heavy atom. The summed E-state index contributed by atoms with van der Waals surface area (Å²) in [6.07, 6.45) is 0.833. The highest BCUT2D eigenvalue weighted by Gasteiger charge is 2.19. The van der Waals surface area contributed by atoms with Gasteiger partial charge in [0, 0.05) is 26.3 Å². The highest BCUT2D eigenvalue weighted by atomic mass is 16.5. The van der Waals surface area contributed by atoms with Crippen molar-refractivity contribution in [3.63, 3.8) is 0 Å². The van der Waals surface area contributed by atoms with Crippen molar-refractivity contribution in [3.05, 3.63) is 82.9 Å². The van der Waals surface area contributed by atoms with E-state index in [0.29, 0.717) is 17.3 Å². The first kappa shape index (κ1) is 23.3. The Kier molecular flexibility index (Phi) is 9.53. The molecule has 0 saturated carbocycles. The number of carbonyl (C=O) groups is 2. The topological polar surface area (TPSA) is 107 Å². The van der Waals surface area contributed by atoms with Gasteiger partial charge in [0.2, 0.25) is 5.69 Å². The smallest absolute Gasteiger partial charge is 0.392 e. The Labute approximate surface area is 169 Å². The molecular formula is C22H24N2O5. The molecule has 152 valence electrons. The fraction of sp³-hybridized carbons (Fsp3) is 0.182. The van der Waals surface area contributed by atoms with Gasteiger partial charge < -0.3 is 14.8 Å². The third kappa shape index (κ3) is 7.42. The third-order valence-corrected chi connectivity index (χ3v) is 3.86. The summed E-state index contributed by atoms with van der Waals surface area (Å²) in [4.78, 5) is 20.1. The number of oxime groups is 1. The van der Waals surface area contributed by atoms with E-state index in [9.17, 15) is 14.8 Å². The molecule has 3 rings (SSSR count). The first-order valence-corrected chi connectivity index (χ1v) is 8.76. The van der Waals surface area contributed by atoms with Crippen LogP contribution in [-0.4, -0.2) is 23.0 Å². The Hall–Kier alpha value is -3.74. The average Bonchev–Trinajstić information content (AvgIpc) is 3.02. The number of benzene rings is 2. The summed E-state index contributed by atoms with van der Waals surface area (Å²) in [5, 5.41) is 22.1. The second kappa shape index (κ2) is 11.9. The molecule has 0 atom stereocenters. The molecule has 0 radical (unpaired) electrons. The summed E-state index contributed by atoms with van der Waals surface area (Å²) in [5.74, 6) is 0.821. The van der Waals surface area contributed by atoms with Gasteiger partial charge in [-0.25, -0.2) is 0 Å². The zero-order chi connectivity index (χ0) is 21.8. The van der Waals surface area contributed by atoms with Crippen molar-refractivity contribution < 1.29 is 23.9 Å². The number of hydrogen-bond acceptors (Lipinski definition) is 6. The fourth-order valence-corrected chi connectivity index (χ4v) is 1.91. The van der Waals surface area contributed by atoms with Crippen LogP contribution in [0.25, 0.3) is 11.5 Å². The molecule has 2 aromatic carbocycles. The minimum Gasteiger partial charge on any atom is -0.616 e. The van der Waals surface area contributed by atoms with E-state index in [4.69, 9.17) is 9.62 Å². The number of Topliss-reactive ketones (excluding diaryl/α,β-unsaturated/α-hetero) is 1. The predicted octanol–water partition coefficient (Wildman–Crippen LogP) is 4.12. The van der Waals surface area contributed by atoms with Gasteiger partial charge in [-0.1, -0.05) is 53.7 Å². The molecule has 7 heteroatoms. The van der Waals surface area contributed by atoms with Gasteiger partial charge in [0.25, 0.3) is 0 Å². The van der Waals surface area contributed by atoms with Crippen molar-refractivity contribution >= 4 is 17.8 Å². The summed E-state index contributed by atoms with van der Waals surface area (Å²) in [6.45, 7) is 6.33. The fourth-order valence-electron chi connectivity index (χ4n) is 1.91. The largest absolute Gasteiger partial charge is 0.616 e. The monoisotopic (exact) mass is 396 g/mol. The lowest BCUT2D eigenvalue weighted by atomic mass is 10.2. The van der Waals surface area contributed by atoms with Crippen LogP contribution in [0.5, 0.6) is 0 Å². The van der Waals surface area contributed by atoms with Gasteiger partial charge in [-0.2, -0.15) is 0 Å². The molecule has 0 saturated heterocycles. The van der Waals surface area contributed by atoms with Crippen molar-refractivity contribution in [2.24, 2.45) is 5.16 Å². The minimum atomic E-state index is -0.206. The molecule has 1 aromatic heterocycles. The van der Waals surface area contributed by atoms with Crippen LogP contribution in [0, 0.1) is 19.1 Å². The molecule has 0 aliphatic carbocycles. The van der Waals surface area contributed by atoms with Crippen LogP contribution < -0.4 is 4.73 Å². The summed E-state index contributed by atoms with van der Waals surface area (Å²) in [6, 6.07) is 18.5. The van der Waals surface area contributed by atoms with Crippen LogP contribution in [-0.2, 0) is 4.79 Å². The van der Waals surface area contributed by atoms with Crippen LogP contribution in [0.1, 0.15) is 35.7 Å². The molecule has 0 aliphatic heterocycles. The Balaban J connectivity index is 0.000000240. The molecule has 7 nitrogen and oxygen atoms in total. The van der Waals surface area contributed by atoms with Gasteiger partial charge >= 0.3 is 5.89 Å². The molecule has 0 unspecified atom stereocenters. The lowest BCUT2D eigenvalue weighted by Gasteiger charge is -1.96. The van der Waals surface area contributed by atoms with Crippen LogP contribution in [0.4, 0.5) is 0 Å². The highest BCUT2D eigenvalue weighted by Crippen LogP contribution is 2.18. The zero-order valence-electron chi connectivity index (χ0n) is 16.8. The van der Waals surface area contributed by atoms with Crippen LogP contribution >= 0.6 is 0 Å². The number of aryl methyl sites for hydroxylation is 1. The number of nitrogens with zero attached hydrogens (tertiary/aromatic N) is 2. The third-order valence-electron chi connectivity index (χ3n) is 3.86. The van der Waals surface area contributed by atoms with Crippen molar-refractivity contribution in [2.75, 3.05) is 0 Å². The summed E-state index contributed by atoms with van der Waals surface area (Å²) < 4.78 is 6.21. The number of oxazole rings is 1. The Morgan fingerprint density at radius 1 is 1.03 bits per heavy atom. The quantitative estimate of drug-likeness (QED) is 0.179. The molecule has 0 aliphatic rings. The van der Waals surface area contributed by atoms with E-state index in [1.54, 1.807) is 26.0 Å². The maximum atomic E-state index is 11.6. The first-order valence-electron chi connectivity index (χ1n) is 8.76. The van der Waals surface area contributed by atoms with E-state index < -0.39 is 0 Å². The van der Waals surface area contributed by atoms with E-state index in [-0.39, 0.29) is 11.5 Å². The maximum absolute atomic E-state index is 11.6. The molecule has 29 heavy (non-hydrogen) atoms. The summed E-state index contributed by atoms with van der Waals surface area (Å²) in [5.41, 5.74) is 2.29. The Morgan fingerprint density at radius 2 is 1.55 bits per heavy atom. The number of aldehydes is 1. The van der Waals surface area contributed by atoms with Gasteiger partial charge in [-0.05, 0) is 19.1 Å². The highest BCUT2D eigenvalue weighted by molar-refractivity contribution is 6.37. The predicted molar refractivity (Wildman–Crippen MR) is 110 cm³/mol. The number of ketones is 1. The average molecular weight is 396 g/mol. The number of hydrogen-bond donors (Lipinski definition) is 1. The van der Waals surface area contributed by atoms with E-state index in [2.05, 4.69) is 5.16 Å². The number of carbonyl (C=O) groups excluding carboxylic acids is 2. The second-order valence-electron chi connectivity index (χ2n) is 5.98. The Bertz CT molecular complexity index is 948. The standard InChI is InChI=1S/C11H11NO2.C7H6O.C4H7NO2/c1-8-9(2)14-11(12(8)13)10-6-4-3-5-7-10;8-6-7-4-2-1-3-5-7;1-3(5-7)4(2)6/h3-7H,1-2H3;1-6H;7H,1-2H3/b;;5-3+. The normalized spacial score (nSPS) is 10.1. The van der Waals surface area contributed by atoms with Crippen LogP contribution in [0.2, 0.25) is 0 Å². The lowest BCUT2D eigenvalue weighted by Crippen LogP contribution is -2.29. The second-order valence-corrected chi connectivity index (χ2v) is 5.98. The zero-order valence-corrected chi connectivity index (χ0v) is 16.8. The molecule has 0 bridgehead atoms. The molecule has 3 aromatic rings. The summed E-state index contributed by atoms with van der Waals surface area (Å²) >= 11 is 0. The SMILES string of the molecule is CC(=O)/C(C)=N/O.Cc1oc(-c2ccccc2)[n+]([O-])c1C.O=Cc1ccccc1. The molecule has 1 N–H and O–H groups in total. The van der Waals surface area contributed by atoms with Gasteiger partial charge in [-0.15, -0.1) is 4.73 Å². The molecule has 0 spiro atoms. The minimum absolute atomic E-state index is 0.139. The van der Waals surface area contributed by atoms with E-state index in [1.165, 1.54) is 13.8 Å². The van der Waals surface area contributed by atoms with E-state index in [1.807, 2.05) is 48.5 Å². The molecular weight excluding hydrogens is 372 g/mol. The lowest BCUT2D eigenvalue weighted by molar-refractivity contribution is -0.602. The molecule has 0 amide bonds. The number of aromatic nitrogens is 1. The molecule has 1 heterocycles. The van der Waals surface area contributed by atoms with E-state index >= 15 is 0 Å². The van der Waals surface area contributed by atoms with Crippen molar-refractivity contribution in [3.8, 4) is 11.5 Å². The van der Waals surface area contributed by atoms with E-state index in [0.717, 1.165) is 22.1 Å². The van der Waals surface area contributed by atoms with Gasteiger partial charge in [0.05, 0.1) is 5.56 Å². The first-order chi connectivity index (χ1) is 13.8. The van der Waals surface area contributed by atoms with Gasteiger partial charge in [-0.3, -0.25) is 9.59 Å². The molecule has 0 fully saturated rings. The van der Waals surface area contributed by atoms with Crippen LogP contribution in [0.15, 0.2) is 70.2 Å². The van der Waals surface area contributed by atoms with Crippen molar-refractivity contribution in [1.29, 1.82) is 0 Å². The van der Waals surface area contributed by atoms with Crippen LogP contribution in [0.3, 0.4) is 0 Å². The van der Waals surface area contributed by atoms with Gasteiger partial charge in [0.15, 0.2) is 11.5 Å². The maximum Gasteiger partial charge on any atom is 0.392 e. The van der Waals surface area contributed by atoms with Gasteiger partial charge in [0.1, 0.15) is 12.0 Å². The number of rotatable bonds is 3.